The molecule has 0 radical (unpaired) electrons. The first kappa shape index (κ1) is 34.2. The minimum atomic E-state index is -4.77. The number of nitrogens with zero attached hydrogens (tertiary/aromatic N) is 2. The first-order valence-electron chi connectivity index (χ1n) is 13.1. The predicted molar refractivity (Wildman–Crippen MR) is 162 cm³/mol. The van der Waals surface area contributed by atoms with Crippen molar-refractivity contribution in [2.75, 3.05) is 10.8 Å². The number of rotatable bonds is 9. The van der Waals surface area contributed by atoms with Crippen LogP contribution in [-0.4, -0.2) is 43.3 Å². The molecule has 0 aliphatic heterocycles. The van der Waals surface area contributed by atoms with Gasteiger partial charge in [0.1, 0.15) is 12.6 Å². The highest BCUT2D eigenvalue weighted by atomic mass is 35.5. The summed E-state index contributed by atoms with van der Waals surface area (Å²) in [7, 11) is -4.55. The summed E-state index contributed by atoms with van der Waals surface area (Å²) >= 11 is 12.4. The number of hydrogen-bond acceptors (Lipinski definition) is 4. The maximum atomic E-state index is 14.0. The molecule has 0 unspecified atom stereocenters. The van der Waals surface area contributed by atoms with Crippen LogP contribution in [0.1, 0.15) is 44.4 Å². The zero-order valence-electron chi connectivity index (χ0n) is 24.2. The molecule has 3 aromatic carbocycles. The molecule has 1 N–H and O–H groups in total. The summed E-state index contributed by atoms with van der Waals surface area (Å²) in [6.45, 7) is 7.35. The van der Waals surface area contributed by atoms with Crippen LogP contribution in [-0.2, 0) is 32.3 Å². The Morgan fingerprint density at radius 2 is 1.58 bits per heavy atom. The molecular weight excluding hydrogens is 626 g/mol. The van der Waals surface area contributed by atoms with Crippen molar-refractivity contribution in [3.05, 3.63) is 93.5 Å². The van der Waals surface area contributed by atoms with Gasteiger partial charge in [0, 0.05) is 22.1 Å². The van der Waals surface area contributed by atoms with E-state index in [2.05, 4.69) is 5.32 Å². The molecule has 0 fully saturated rings. The molecule has 0 aromatic heterocycles. The summed E-state index contributed by atoms with van der Waals surface area (Å²) in [5.74, 6) is -1.38. The molecule has 0 aliphatic carbocycles. The summed E-state index contributed by atoms with van der Waals surface area (Å²) < 4.78 is 69.2. The first-order valence-corrected chi connectivity index (χ1v) is 15.3. The summed E-state index contributed by atoms with van der Waals surface area (Å²) in [4.78, 5) is 28.1. The van der Waals surface area contributed by atoms with Crippen LogP contribution in [0, 0.1) is 6.92 Å². The molecular formula is C30H32Cl2F3N3O4S. The standard InChI is InChI=1S/C30H32Cl2F3N3O4S/c1-19-9-13-25(14-10-19)43(41,42)38(24-8-6-7-22(15-24)30(33,34)35)18-27(39)37(20(2)28(40)36-29(3,4)5)17-21-11-12-23(31)16-26(21)32/h6-16,20H,17-18H2,1-5H3,(H,36,40)/t20-/m0/s1. The lowest BCUT2D eigenvalue weighted by atomic mass is 10.1. The zero-order chi connectivity index (χ0) is 32.3. The number of halogens is 5. The minimum Gasteiger partial charge on any atom is -0.350 e. The number of amides is 2. The quantitative estimate of drug-likeness (QED) is 0.273. The number of hydrogen-bond donors (Lipinski definition) is 1. The molecule has 1 atom stereocenters. The molecule has 0 spiro atoms. The number of carbonyl (C=O) groups excluding carboxylic acids is 2. The van der Waals surface area contributed by atoms with E-state index in [1.807, 2.05) is 0 Å². The second kappa shape index (κ2) is 13.2. The summed E-state index contributed by atoms with van der Waals surface area (Å²) in [6, 6.07) is 12.8. The van der Waals surface area contributed by atoms with E-state index < -0.39 is 51.7 Å². The highest BCUT2D eigenvalue weighted by molar-refractivity contribution is 7.92. The monoisotopic (exact) mass is 657 g/mol. The van der Waals surface area contributed by atoms with Crippen LogP contribution in [0.5, 0.6) is 0 Å². The third-order valence-corrected chi connectivity index (χ3v) is 8.75. The number of carbonyl (C=O) groups is 2. The van der Waals surface area contributed by atoms with Crippen molar-refractivity contribution < 1.29 is 31.2 Å². The van der Waals surface area contributed by atoms with Crippen LogP contribution in [0.25, 0.3) is 0 Å². The topological polar surface area (TPSA) is 86.8 Å². The Labute approximate surface area is 259 Å². The number of nitrogens with one attached hydrogen (secondary N) is 1. The van der Waals surface area contributed by atoms with E-state index in [0.717, 1.165) is 22.6 Å². The molecule has 0 bridgehead atoms. The van der Waals surface area contributed by atoms with Gasteiger partial charge in [-0.3, -0.25) is 13.9 Å². The van der Waals surface area contributed by atoms with Gasteiger partial charge in [-0.2, -0.15) is 13.2 Å². The van der Waals surface area contributed by atoms with Crippen molar-refractivity contribution in [1.82, 2.24) is 10.2 Å². The van der Waals surface area contributed by atoms with Gasteiger partial charge in [-0.15, -0.1) is 0 Å². The predicted octanol–water partition coefficient (Wildman–Crippen LogP) is 6.85. The SMILES string of the molecule is Cc1ccc(S(=O)(=O)N(CC(=O)N(Cc2ccc(Cl)cc2Cl)[C@@H](C)C(=O)NC(C)(C)C)c2cccc(C(F)(F)F)c2)cc1. The number of anilines is 1. The van der Waals surface area contributed by atoms with Crippen molar-refractivity contribution in [2.24, 2.45) is 0 Å². The fraction of sp³-hybridized carbons (Fsp3) is 0.333. The van der Waals surface area contributed by atoms with E-state index in [9.17, 15) is 31.2 Å². The average Bonchev–Trinajstić information content (AvgIpc) is 2.89. The van der Waals surface area contributed by atoms with Gasteiger partial charge in [0.15, 0.2) is 0 Å². The fourth-order valence-electron chi connectivity index (χ4n) is 4.09. The lowest BCUT2D eigenvalue weighted by molar-refractivity contribution is -0.140. The molecule has 3 rings (SSSR count). The highest BCUT2D eigenvalue weighted by Crippen LogP contribution is 2.33. The van der Waals surface area contributed by atoms with Gasteiger partial charge in [0.25, 0.3) is 10.0 Å². The Kier molecular flexibility index (Phi) is 10.5. The van der Waals surface area contributed by atoms with Gasteiger partial charge >= 0.3 is 6.18 Å². The molecule has 2 amide bonds. The fourth-order valence-corrected chi connectivity index (χ4v) is 5.97. The van der Waals surface area contributed by atoms with Crippen LogP contribution in [0.4, 0.5) is 18.9 Å². The van der Waals surface area contributed by atoms with E-state index in [1.54, 1.807) is 39.8 Å². The molecule has 232 valence electrons. The van der Waals surface area contributed by atoms with Gasteiger partial charge in [-0.1, -0.05) is 53.0 Å². The molecule has 0 aliphatic rings. The number of benzene rings is 3. The largest absolute Gasteiger partial charge is 0.416 e. The molecule has 3 aromatic rings. The number of alkyl halides is 3. The molecule has 43 heavy (non-hydrogen) atoms. The second-order valence-corrected chi connectivity index (χ2v) is 13.8. The summed E-state index contributed by atoms with van der Waals surface area (Å²) in [6.07, 6.45) is -4.77. The van der Waals surface area contributed by atoms with E-state index in [1.165, 1.54) is 43.3 Å². The van der Waals surface area contributed by atoms with Crippen molar-refractivity contribution in [3.63, 3.8) is 0 Å². The van der Waals surface area contributed by atoms with Crippen molar-refractivity contribution in [1.29, 1.82) is 0 Å². The lowest BCUT2D eigenvalue weighted by Crippen LogP contribution is -2.54. The second-order valence-electron chi connectivity index (χ2n) is 11.0. The van der Waals surface area contributed by atoms with Crippen LogP contribution >= 0.6 is 23.2 Å². The Morgan fingerprint density at radius 3 is 2.14 bits per heavy atom. The van der Waals surface area contributed by atoms with Crippen molar-refractivity contribution >= 4 is 50.7 Å². The maximum Gasteiger partial charge on any atom is 0.416 e. The van der Waals surface area contributed by atoms with E-state index in [0.29, 0.717) is 21.0 Å². The molecule has 0 saturated carbocycles. The van der Waals surface area contributed by atoms with E-state index >= 15 is 0 Å². The third-order valence-electron chi connectivity index (χ3n) is 6.37. The van der Waals surface area contributed by atoms with E-state index in [-0.39, 0.29) is 22.2 Å². The Hall–Kier alpha value is -3.28. The molecule has 13 heteroatoms. The smallest absolute Gasteiger partial charge is 0.350 e. The van der Waals surface area contributed by atoms with Gasteiger partial charge in [0.2, 0.25) is 11.8 Å². The molecule has 0 heterocycles. The van der Waals surface area contributed by atoms with Gasteiger partial charge in [0.05, 0.1) is 16.1 Å². The van der Waals surface area contributed by atoms with Crippen molar-refractivity contribution in [3.8, 4) is 0 Å². The zero-order valence-corrected chi connectivity index (χ0v) is 26.5. The Balaban J connectivity index is 2.12. The highest BCUT2D eigenvalue weighted by Gasteiger charge is 2.36. The van der Waals surface area contributed by atoms with Gasteiger partial charge in [-0.05, 0) is 82.6 Å². The van der Waals surface area contributed by atoms with Crippen LogP contribution in [0.15, 0.2) is 71.6 Å². The summed E-state index contributed by atoms with van der Waals surface area (Å²) in [5.41, 5.74) is -0.951. The van der Waals surface area contributed by atoms with Gasteiger partial charge < -0.3 is 10.2 Å². The number of sulfonamides is 1. The number of aryl methyl sites for hydroxylation is 1. The minimum absolute atomic E-state index is 0.204. The maximum absolute atomic E-state index is 14.0. The lowest BCUT2D eigenvalue weighted by Gasteiger charge is -2.33. The van der Waals surface area contributed by atoms with Crippen LogP contribution < -0.4 is 9.62 Å². The van der Waals surface area contributed by atoms with Crippen molar-refractivity contribution in [2.45, 2.75) is 63.8 Å². The van der Waals surface area contributed by atoms with Crippen LogP contribution in [0.2, 0.25) is 10.0 Å². The third kappa shape index (κ3) is 8.87. The molecule has 7 nitrogen and oxygen atoms in total. The first-order chi connectivity index (χ1) is 19.8. The van der Waals surface area contributed by atoms with Crippen LogP contribution in [0.3, 0.4) is 0 Å². The van der Waals surface area contributed by atoms with E-state index in [4.69, 9.17) is 23.2 Å². The Bertz CT molecular complexity index is 1590. The molecule has 0 saturated heterocycles. The Morgan fingerprint density at radius 1 is 0.953 bits per heavy atom. The normalized spacial score (nSPS) is 12.9. The summed E-state index contributed by atoms with van der Waals surface area (Å²) in [5, 5.41) is 3.33. The average molecular weight is 659 g/mol. The van der Waals surface area contributed by atoms with Gasteiger partial charge in [-0.25, -0.2) is 8.42 Å².